The number of halogens is 1. The summed E-state index contributed by atoms with van der Waals surface area (Å²) in [5.41, 5.74) is 1.86. The van der Waals surface area contributed by atoms with Gasteiger partial charge in [-0.15, -0.1) is 0 Å². The maximum atomic E-state index is 13.4. The van der Waals surface area contributed by atoms with Crippen molar-refractivity contribution in [3.63, 3.8) is 0 Å². The zero-order chi connectivity index (χ0) is 20.0. The summed E-state index contributed by atoms with van der Waals surface area (Å²) in [7, 11) is -3.11. The molecule has 1 heterocycles. The van der Waals surface area contributed by atoms with Crippen molar-refractivity contribution in [2.24, 2.45) is 17.3 Å². The molecule has 0 bridgehead atoms. The molecular weight excluding hydrogens is 365 g/mol. The number of nitrogens with zero attached hydrogens (tertiary/aromatic N) is 1. The number of rotatable bonds is 5. The highest BCUT2D eigenvalue weighted by atomic mass is 32.2. The van der Waals surface area contributed by atoms with Crippen molar-refractivity contribution >= 4 is 15.7 Å². The van der Waals surface area contributed by atoms with Gasteiger partial charge in [-0.25, -0.2) is 12.8 Å². The molecule has 6 heteroatoms. The lowest BCUT2D eigenvalue weighted by Gasteiger charge is -2.29. The van der Waals surface area contributed by atoms with Gasteiger partial charge in [-0.2, -0.15) is 0 Å². The van der Waals surface area contributed by atoms with Crippen molar-refractivity contribution < 1.29 is 17.6 Å². The Kier molecular flexibility index (Phi) is 5.23. The molecule has 2 aliphatic rings. The van der Waals surface area contributed by atoms with Gasteiger partial charge in [-0.1, -0.05) is 37.6 Å². The van der Waals surface area contributed by atoms with Crippen LogP contribution in [0.25, 0.3) is 0 Å². The molecule has 1 saturated heterocycles. The van der Waals surface area contributed by atoms with E-state index in [4.69, 9.17) is 0 Å². The van der Waals surface area contributed by atoms with E-state index in [2.05, 4.69) is 19.9 Å². The molecule has 1 aliphatic carbocycles. The highest BCUT2D eigenvalue weighted by molar-refractivity contribution is 7.91. The third-order valence-corrected chi connectivity index (χ3v) is 7.64. The summed E-state index contributed by atoms with van der Waals surface area (Å²) in [6, 6.07) is 5.75. The Morgan fingerprint density at radius 3 is 2.41 bits per heavy atom. The second-order valence-corrected chi connectivity index (χ2v) is 10.9. The lowest BCUT2D eigenvalue weighted by molar-refractivity contribution is -0.136. The number of sulfone groups is 1. The molecule has 27 heavy (non-hydrogen) atoms. The fraction of sp³-hybridized carbons (Fsp3) is 0.571. The van der Waals surface area contributed by atoms with E-state index in [1.807, 2.05) is 13.8 Å². The number of carbonyl (C=O) groups is 1. The molecule has 1 amide bonds. The van der Waals surface area contributed by atoms with Gasteiger partial charge in [0.1, 0.15) is 5.82 Å². The maximum Gasteiger partial charge on any atom is 0.227 e. The lowest BCUT2D eigenvalue weighted by Crippen LogP contribution is -2.42. The molecule has 1 aromatic rings. The largest absolute Gasteiger partial charge is 0.334 e. The first-order valence-corrected chi connectivity index (χ1v) is 11.2. The normalized spacial score (nSPS) is 27.8. The van der Waals surface area contributed by atoms with Crippen molar-refractivity contribution in [3.8, 4) is 0 Å². The van der Waals surface area contributed by atoms with Crippen LogP contribution in [0.15, 0.2) is 35.9 Å². The van der Waals surface area contributed by atoms with Crippen LogP contribution in [0.2, 0.25) is 0 Å². The zero-order valence-corrected chi connectivity index (χ0v) is 17.2. The predicted octanol–water partition coefficient (Wildman–Crippen LogP) is 3.58. The maximum absolute atomic E-state index is 13.4. The number of carbonyl (C=O) groups excluding carboxylic acids is 1. The predicted molar refractivity (Wildman–Crippen MR) is 104 cm³/mol. The van der Waals surface area contributed by atoms with Crippen molar-refractivity contribution in [1.29, 1.82) is 0 Å². The van der Waals surface area contributed by atoms with Crippen LogP contribution in [-0.4, -0.2) is 36.8 Å². The summed E-state index contributed by atoms with van der Waals surface area (Å²) < 4.78 is 37.2. The quantitative estimate of drug-likeness (QED) is 0.719. The number of benzene rings is 1. The topological polar surface area (TPSA) is 54.5 Å². The van der Waals surface area contributed by atoms with E-state index < -0.39 is 9.84 Å². The molecule has 0 radical (unpaired) electrons. The number of hydrogen-bond acceptors (Lipinski definition) is 3. The molecule has 0 spiro atoms. The van der Waals surface area contributed by atoms with Crippen LogP contribution in [0.3, 0.4) is 0 Å². The minimum atomic E-state index is -3.11. The fourth-order valence-corrected chi connectivity index (χ4v) is 5.92. The van der Waals surface area contributed by atoms with Gasteiger partial charge in [-0.3, -0.25) is 4.79 Å². The fourth-order valence-electron chi connectivity index (χ4n) is 4.19. The monoisotopic (exact) mass is 393 g/mol. The van der Waals surface area contributed by atoms with Crippen LogP contribution in [0.1, 0.15) is 39.7 Å². The molecule has 0 N–H and O–H groups in total. The Hall–Kier alpha value is -1.69. The molecule has 3 atom stereocenters. The first kappa shape index (κ1) is 20.1. The molecular formula is C21H28FNO3S. The third-order valence-electron chi connectivity index (χ3n) is 5.89. The molecule has 0 aromatic heterocycles. The van der Waals surface area contributed by atoms with E-state index in [1.165, 1.54) is 17.7 Å². The van der Waals surface area contributed by atoms with Crippen LogP contribution < -0.4 is 0 Å². The smallest absolute Gasteiger partial charge is 0.227 e. The van der Waals surface area contributed by atoms with Gasteiger partial charge < -0.3 is 4.90 Å². The van der Waals surface area contributed by atoms with E-state index in [0.29, 0.717) is 13.0 Å². The zero-order valence-electron chi connectivity index (χ0n) is 16.4. The second-order valence-electron chi connectivity index (χ2n) is 8.72. The number of amides is 1. The van der Waals surface area contributed by atoms with Gasteiger partial charge in [-0.05, 0) is 49.3 Å². The summed E-state index contributed by atoms with van der Waals surface area (Å²) in [6.45, 7) is 8.53. The third kappa shape index (κ3) is 4.26. The molecule has 4 nitrogen and oxygen atoms in total. The van der Waals surface area contributed by atoms with Crippen molar-refractivity contribution in [2.45, 2.75) is 46.7 Å². The van der Waals surface area contributed by atoms with Gasteiger partial charge >= 0.3 is 0 Å². The van der Waals surface area contributed by atoms with Crippen LogP contribution in [-0.2, 0) is 21.2 Å². The molecule has 148 valence electrons. The molecule has 1 saturated carbocycles. The molecule has 1 aliphatic heterocycles. The first-order valence-electron chi connectivity index (χ1n) is 9.41. The van der Waals surface area contributed by atoms with Gasteiger partial charge in [0.15, 0.2) is 9.84 Å². The minimum absolute atomic E-state index is 0.00826. The van der Waals surface area contributed by atoms with E-state index in [-0.39, 0.29) is 46.5 Å². The summed E-state index contributed by atoms with van der Waals surface area (Å²) in [5, 5.41) is 0. The number of hydrogen-bond donors (Lipinski definition) is 0. The summed E-state index contributed by atoms with van der Waals surface area (Å²) >= 11 is 0. The van der Waals surface area contributed by atoms with Gasteiger partial charge in [0.25, 0.3) is 0 Å². The summed E-state index contributed by atoms with van der Waals surface area (Å²) in [4.78, 5) is 15.1. The second kappa shape index (κ2) is 7.04. The Labute approximate surface area is 161 Å². The van der Waals surface area contributed by atoms with Gasteiger partial charge in [0.05, 0.1) is 17.4 Å². The van der Waals surface area contributed by atoms with Crippen LogP contribution in [0, 0.1) is 23.1 Å². The number of allylic oxidation sites excluding steroid dienone is 2. The minimum Gasteiger partial charge on any atom is -0.334 e. The Balaban J connectivity index is 1.86. The van der Waals surface area contributed by atoms with Gasteiger partial charge in [0.2, 0.25) is 5.91 Å². The first-order chi connectivity index (χ1) is 12.5. The average molecular weight is 394 g/mol. The van der Waals surface area contributed by atoms with E-state index in [1.54, 1.807) is 17.0 Å². The standard InChI is InChI=1S/C21H28FNO3S/c1-14(2)11-18-19(21(18,3)4)20(24)23(17-9-10-27(25,26)13-17)12-15-5-7-16(22)8-6-15/h5-8,11,17-19H,9-10,12-13H2,1-4H3. The SMILES string of the molecule is CC(C)=CC1C(C(=O)N(Cc2ccc(F)cc2)C2CCS(=O)(=O)C2)C1(C)C. The summed E-state index contributed by atoms with van der Waals surface area (Å²) in [6.07, 6.45) is 2.61. The van der Waals surface area contributed by atoms with Crippen LogP contribution >= 0.6 is 0 Å². The Bertz CT molecular complexity index is 854. The van der Waals surface area contributed by atoms with Crippen LogP contribution in [0.4, 0.5) is 4.39 Å². The van der Waals surface area contributed by atoms with E-state index >= 15 is 0 Å². The molecule has 2 fully saturated rings. The highest BCUT2D eigenvalue weighted by Gasteiger charge is 2.61. The van der Waals surface area contributed by atoms with Crippen LogP contribution in [0.5, 0.6) is 0 Å². The molecule has 3 rings (SSSR count). The Morgan fingerprint density at radius 2 is 1.89 bits per heavy atom. The van der Waals surface area contributed by atoms with Crippen molar-refractivity contribution in [3.05, 3.63) is 47.3 Å². The Morgan fingerprint density at radius 1 is 1.26 bits per heavy atom. The van der Waals surface area contributed by atoms with Gasteiger partial charge in [0, 0.05) is 12.6 Å². The highest BCUT2D eigenvalue weighted by Crippen LogP contribution is 2.60. The lowest BCUT2D eigenvalue weighted by atomic mass is 10.1. The molecule has 1 aromatic carbocycles. The van der Waals surface area contributed by atoms with E-state index in [0.717, 1.165) is 5.56 Å². The van der Waals surface area contributed by atoms with Crippen molar-refractivity contribution in [2.75, 3.05) is 11.5 Å². The van der Waals surface area contributed by atoms with E-state index in [9.17, 15) is 17.6 Å². The summed E-state index contributed by atoms with van der Waals surface area (Å²) in [5.74, 6) is -0.155. The van der Waals surface area contributed by atoms with Crippen molar-refractivity contribution in [1.82, 2.24) is 4.90 Å². The molecule has 3 unspecified atom stereocenters. The average Bonchev–Trinajstić information content (AvgIpc) is 2.90.